The number of ether oxygens (including phenoxy) is 4. The standard InChI is InChI=1S/C16H27NO11S/c1-25-15-11(23)8(20)7(19)5(27-15)3-17-6(18)4-29-14(17)13-10(22)9(21)12(24)16(26-2)28-13/h5,7-16,19-24H,3-4H2,1-2H3/t5-,7-,8+,9+,10+,11-,12-,13?,14+,15+,16+/m1/s1. The van der Waals surface area contributed by atoms with Crippen LogP contribution in [0.2, 0.25) is 0 Å². The van der Waals surface area contributed by atoms with Gasteiger partial charge in [0.2, 0.25) is 5.91 Å². The molecule has 1 amide bonds. The van der Waals surface area contributed by atoms with Crippen LogP contribution in [0.25, 0.3) is 0 Å². The second-order valence-corrected chi connectivity index (χ2v) is 8.28. The molecule has 3 saturated heterocycles. The number of rotatable bonds is 5. The Labute approximate surface area is 170 Å². The van der Waals surface area contributed by atoms with E-state index < -0.39 is 66.8 Å². The lowest BCUT2D eigenvalue weighted by Gasteiger charge is -2.45. The Hall–Kier alpha value is -0.580. The summed E-state index contributed by atoms with van der Waals surface area (Å²) in [5.41, 5.74) is 0. The number of methoxy groups -OCH3 is 2. The number of carbonyl (C=O) groups is 1. The van der Waals surface area contributed by atoms with Crippen LogP contribution in [0.15, 0.2) is 0 Å². The molecule has 0 aromatic heterocycles. The normalized spacial score (nSPS) is 48.9. The van der Waals surface area contributed by atoms with Crippen molar-refractivity contribution in [3.8, 4) is 0 Å². The maximum Gasteiger partial charge on any atom is 0.233 e. The lowest BCUT2D eigenvalue weighted by Crippen LogP contribution is -2.64. The number of carbonyl (C=O) groups excluding carboxylic acids is 1. The summed E-state index contributed by atoms with van der Waals surface area (Å²) in [5, 5.41) is 59.8. The molecular formula is C16H27NO11S. The highest BCUT2D eigenvalue weighted by molar-refractivity contribution is 8.01. The minimum atomic E-state index is -1.55. The van der Waals surface area contributed by atoms with E-state index in [9.17, 15) is 35.4 Å². The zero-order valence-corrected chi connectivity index (χ0v) is 16.7. The highest BCUT2D eigenvalue weighted by atomic mass is 32.2. The molecular weight excluding hydrogens is 414 g/mol. The maximum absolute atomic E-state index is 12.5. The Morgan fingerprint density at radius 3 is 2.03 bits per heavy atom. The van der Waals surface area contributed by atoms with Crippen LogP contribution in [0.4, 0.5) is 0 Å². The van der Waals surface area contributed by atoms with E-state index in [4.69, 9.17) is 18.9 Å². The first kappa shape index (κ1) is 23.1. The van der Waals surface area contributed by atoms with Crippen LogP contribution < -0.4 is 0 Å². The van der Waals surface area contributed by atoms with Crippen LogP contribution in [-0.4, -0.2) is 135 Å². The minimum Gasteiger partial charge on any atom is -0.388 e. The molecule has 3 rings (SSSR count). The van der Waals surface area contributed by atoms with Crippen molar-refractivity contribution in [2.24, 2.45) is 0 Å². The van der Waals surface area contributed by atoms with Crippen LogP contribution in [0.3, 0.4) is 0 Å². The van der Waals surface area contributed by atoms with Crippen molar-refractivity contribution < 1.29 is 54.4 Å². The molecule has 0 aliphatic carbocycles. The molecule has 13 heteroatoms. The van der Waals surface area contributed by atoms with E-state index in [0.29, 0.717) is 0 Å². The Morgan fingerprint density at radius 1 is 0.897 bits per heavy atom. The van der Waals surface area contributed by atoms with Crippen molar-refractivity contribution in [1.29, 1.82) is 0 Å². The van der Waals surface area contributed by atoms with E-state index in [0.717, 1.165) is 11.8 Å². The predicted molar refractivity (Wildman–Crippen MR) is 95.3 cm³/mol. The molecule has 168 valence electrons. The molecule has 3 aliphatic rings. The van der Waals surface area contributed by atoms with Gasteiger partial charge in [-0.05, 0) is 0 Å². The molecule has 0 aromatic carbocycles. The van der Waals surface area contributed by atoms with Crippen molar-refractivity contribution in [2.45, 2.75) is 66.8 Å². The van der Waals surface area contributed by atoms with Crippen LogP contribution in [0.5, 0.6) is 0 Å². The first-order chi connectivity index (χ1) is 13.7. The van der Waals surface area contributed by atoms with E-state index in [1.165, 1.54) is 19.1 Å². The Kier molecular flexibility index (Phi) is 7.39. The number of aliphatic hydroxyl groups excluding tert-OH is 6. The summed E-state index contributed by atoms with van der Waals surface area (Å²) in [7, 11) is 2.53. The predicted octanol–water partition coefficient (Wildman–Crippen LogP) is -4.20. The van der Waals surface area contributed by atoms with Crippen LogP contribution in [-0.2, 0) is 23.7 Å². The molecule has 0 bridgehead atoms. The number of aliphatic hydroxyl groups is 6. The second-order valence-electron chi connectivity index (χ2n) is 7.17. The Balaban J connectivity index is 1.77. The molecule has 0 saturated carbocycles. The summed E-state index contributed by atoms with van der Waals surface area (Å²) >= 11 is 1.15. The Morgan fingerprint density at radius 2 is 1.45 bits per heavy atom. The average Bonchev–Trinajstić information content (AvgIpc) is 3.07. The number of amides is 1. The maximum atomic E-state index is 12.5. The van der Waals surface area contributed by atoms with Gasteiger partial charge in [0.1, 0.15) is 54.2 Å². The van der Waals surface area contributed by atoms with Gasteiger partial charge in [-0.1, -0.05) is 0 Å². The largest absolute Gasteiger partial charge is 0.388 e. The van der Waals surface area contributed by atoms with Gasteiger partial charge in [-0.15, -0.1) is 11.8 Å². The van der Waals surface area contributed by atoms with Gasteiger partial charge in [-0.25, -0.2) is 0 Å². The number of hydrogen-bond donors (Lipinski definition) is 6. The summed E-state index contributed by atoms with van der Waals surface area (Å²) in [6.07, 6.45) is -13.6. The van der Waals surface area contributed by atoms with Crippen LogP contribution in [0, 0.1) is 0 Å². The van der Waals surface area contributed by atoms with Gasteiger partial charge >= 0.3 is 0 Å². The molecule has 3 fully saturated rings. The molecule has 6 N–H and O–H groups in total. The molecule has 11 atom stereocenters. The van der Waals surface area contributed by atoms with E-state index in [1.54, 1.807) is 0 Å². The third-order valence-corrected chi connectivity index (χ3v) is 6.68. The molecule has 1 unspecified atom stereocenters. The monoisotopic (exact) mass is 441 g/mol. The van der Waals surface area contributed by atoms with Crippen molar-refractivity contribution in [2.75, 3.05) is 26.5 Å². The summed E-state index contributed by atoms with van der Waals surface area (Å²) in [5.74, 6) is -0.286. The zero-order valence-electron chi connectivity index (χ0n) is 15.8. The highest BCUT2D eigenvalue weighted by Crippen LogP contribution is 2.36. The third-order valence-electron chi connectivity index (χ3n) is 5.40. The van der Waals surface area contributed by atoms with Crippen LogP contribution >= 0.6 is 11.8 Å². The summed E-state index contributed by atoms with van der Waals surface area (Å²) in [4.78, 5) is 13.7. The topological polar surface area (TPSA) is 179 Å². The SMILES string of the molecule is CO[C@H]1O[C@H](CN2C(=O)CS[C@H]2C2O[C@H](OC)[C@H](O)[C@@H](O)[C@@H]2O)[C@@H](O)[C@H](O)[C@H]1O. The summed E-state index contributed by atoms with van der Waals surface area (Å²) < 4.78 is 21.0. The van der Waals surface area contributed by atoms with Gasteiger partial charge in [0.15, 0.2) is 12.6 Å². The fourth-order valence-corrected chi connectivity index (χ4v) is 4.99. The average molecular weight is 441 g/mol. The minimum absolute atomic E-state index is 0.0508. The molecule has 0 aromatic rings. The molecule has 0 radical (unpaired) electrons. The van der Waals surface area contributed by atoms with Gasteiger partial charge in [-0.2, -0.15) is 0 Å². The van der Waals surface area contributed by atoms with Gasteiger partial charge in [0, 0.05) is 14.2 Å². The second kappa shape index (κ2) is 9.28. The van der Waals surface area contributed by atoms with Crippen molar-refractivity contribution >= 4 is 17.7 Å². The van der Waals surface area contributed by atoms with Gasteiger partial charge < -0.3 is 54.5 Å². The van der Waals surface area contributed by atoms with E-state index in [2.05, 4.69) is 0 Å². The third kappa shape index (κ3) is 4.27. The lowest BCUT2D eigenvalue weighted by molar-refractivity contribution is -0.299. The van der Waals surface area contributed by atoms with Crippen molar-refractivity contribution in [1.82, 2.24) is 4.90 Å². The zero-order chi connectivity index (χ0) is 21.5. The number of hydrogen-bond acceptors (Lipinski definition) is 12. The smallest absolute Gasteiger partial charge is 0.233 e. The molecule has 29 heavy (non-hydrogen) atoms. The number of thioether (sulfide) groups is 1. The fraction of sp³-hybridized carbons (Fsp3) is 0.938. The molecule has 0 spiro atoms. The lowest BCUT2D eigenvalue weighted by atomic mass is 9.96. The van der Waals surface area contributed by atoms with Crippen LogP contribution in [0.1, 0.15) is 0 Å². The number of nitrogens with zero attached hydrogens (tertiary/aromatic N) is 1. The van der Waals surface area contributed by atoms with Gasteiger partial charge in [0.05, 0.1) is 12.3 Å². The first-order valence-electron chi connectivity index (χ1n) is 9.07. The molecule has 12 nitrogen and oxygen atoms in total. The fourth-order valence-electron chi connectivity index (χ4n) is 3.71. The van der Waals surface area contributed by atoms with Crippen molar-refractivity contribution in [3.63, 3.8) is 0 Å². The van der Waals surface area contributed by atoms with Crippen molar-refractivity contribution in [3.05, 3.63) is 0 Å². The summed E-state index contributed by atoms with van der Waals surface area (Å²) in [6, 6.07) is 0. The van der Waals surface area contributed by atoms with E-state index in [1.807, 2.05) is 0 Å². The quantitative estimate of drug-likeness (QED) is 0.243. The van der Waals surface area contributed by atoms with E-state index in [-0.39, 0.29) is 18.2 Å². The Bertz CT molecular complexity index is 581. The van der Waals surface area contributed by atoms with Gasteiger partial charge in [-0.3, -0.25) is 4.79 Å². The summed E-state index contributed by atoms with van der Waals surface area (Å²) in [6.45, 7) is -0.190. The first-order valence-corrected chi connectivity index (χ1v) is 10.1. The molecule has 3 aliphatic heterocycles. The van der Waals surface area contributed by atoms with E-state index >= 15 is 0 Å². The molecule has 3 heterocycles. The highest BCUT2D eigenvalue weighted by Gasteiger charge is 2.52. The van der Waals surface area contributed by atoms with Gasteiger partial charge in [0.25, 0.3) is 0 Å².